The molecular weight excluding hydrogens is 400 g/mol. The molecule has 4 N–H and O–H groups in total. The lowest BCUT2D eigenvalue weighted by Crippen LogP contribution is -2.49. The van der Waals surface area contributed by atoms with E-state index >= 15 is 0 Å². The van der Waals surface area contributed by atoms with Crippen LogP contribution in [0.3, 0.4) is 0 Å². The molecule has 4 aromatic rings. The second kappa shape index (κ2) is 9.10. The lowest BCUT2D eigenvalue weighted by Gasteiger charge is -2.33. The molecule has 164 valence electrons. The lowest BCUT2D eigenvalue weighted by atomic mass is 9.90. The van der Waals surface area contributed by atoms with Crippen LogP contribution in [0.25, 0.3) is 21.8 Å². The third-order valence-electron chi connectivity index (χ3n) is 6.37. The highest BCUT2D eigenvalue weighted by molar-refractivity contribution is 5.84. The molecule has 0 radical (unpaired) electrons. The minimum absolute atomic E-state index is 0.218. The summed E-state index contributed by atoms with van der Waals surface area (Å²) in [5.74, 6) is 0.436. The first-order chi connectivity index (χ1) is 15.7. The van der Waals surface area contributed by atoms with Gasteiger partial charge in [-0.15, -0.1) is 0 Å². The van der Waals surface area contributed by atoms with Crippen molar-refractivity contribution in [3.8, 4) is 11.5 Å². The number of rotatable bonds is 6. The molecule has 0 amide bonds. The Morgan fingerprint density at radius 3 is 1.59 bits per heavy atom. The SMILES string of the molecule is Oc1cccc2ccc(CN[C@H]3CCCC[C@@H]3NCc3ccc4cccc(O)c4n3)nc12. The van der Waals surface area contributed by atoms with E-state index in [0.717, 1.165) is 35.0 Å². The third-order valence-corrected chi connectivity index (χ3v) is 6.37. The maximum atomic E-state index is 10.1. The summed E-state index contributed by atoms with van der Waals surface area (Å²) < 4.78 is 0. The van der Waals surface area contributed by atoms with Crippen molar-refractivity contribution in [2.24, 2.45) is 0 Å². The van der Waals surface area contributed by atoms with Crippen LogP contribution in [0.2, 0.25) is 0 Å². The van der Waals surface area contributed by atoms with Gasteiger partial charge in [-0.3, -0.25) is 0 Å². The number of benzene rings is 2. The number of phenols is 2. The van der Waals surface area contributed by atoms with Crippen molar-refractivity contribution in [3.63, 3.8) is 0 Å². The van der Waals surface area contributed by atoms with Crippen LogP contribution < -0.4 is 10.6 Å². The van der Waals surface area contributed by atoms with Gasteiger partial charge in [0.15, 0.2) is 0 Å². The van der Waals surface area contributed by atoms with Crippen LogP contribution in [0.1, 0.15) is 37.1 Å². The van der Waals surface area contributed by atoms with Crippen LogP contribution in [0, 0.1) is 0 Å². The Morgan fingerprint density at radius 2 is 1.12 bits per heavy atom. The fraction of sp³-hybridized carbons (Fsp3) is 0.308. The van der Waals surface area contributed by atoms with Crippen LogP contribution in [0.4, 0.5) is 0 Å². The van der Waals surface area contributed by atoms with Gasteiger partial charge in [-0.25, -0.2) is 9.97 Å². The Bertz CT molecular complexity index is 1150. The predicted octanol–water partition coefficient (Wildman–Crippen LogP) is 4.38. The maximum absolute atomic E-state index is 10.1. The summed E-state index contributed by atoms with van der Waals surface area (Å²) in [4.78, 5) is 9.30. The number of nitrogens with one attached hydrogen (secondary N) is 2. The highest BCUT2D eigenvalue weighted by Crippen LogP contribution is 2.24. The van der Waals surface area contributed by atoms with E-state index in [1.807, 2.05) is 48.5 Å². The number of fused-ring (bicyclic) bond motifs is 2. The normalized spacial score (nSPS) is 18.9. The molecule has 6 nitrogen and oxygen atoms in total. The van der Waals surface area contributed by atoms with E-state index in [9.17, 15) is 10.2 Å². The van der Waals surface area contributed by atoms with Crippen molar-refractivity contribution in [3.05, 3.63) is 72.1 Å². The van der Waals surface area contributed by atoms with E-state index in [0.29, 0.717) is 36.2 Å². The molecule has 0 aliphatic heterocycles. The molecular formula is C26H28N4O2. The van der Waals surface area contributed by atoms with Crippen molar-refractivity contribution < 1.29 is 10.2 Å². The molecule has 0 spiro atoms. The van der Waals surface area contributed by atoms with Crippen molar-refractivity contribution >= 4 is 21.8 Å². The van der Waals surface area contributed by atoms with Crippen LogP contribution in [-0.4, -0.2) is 32.3 Å². The zero-order valence-electron chi connectivity index (χ0n) is 18.0. The Hall–Kier alpha value is -3.22. The quantitative estimate of drug-likeness (QED) is 0.364. The second-order valence-corrected chi connectivity index (χ2v) is 8.56. The Morgan fingerprint density at radius 1 is 0.656 bits per heavy atom. The monoisotopic (exact) mass is 428 g/mol. The van der Waals surface area contributed by atoms with E-state index in [2.05, 4.69) is 20.6 Å². The van der Waals surface area contributed by atoms with Crippen LogP contribution in [0.15, 0.2) is 60.7 Å². The number of hydrogen-bond acceptors (Lipinski definition) is 6. The second-order valence-electron chi connectivity index (χ2n) is 8.56. The van der Waals surface area contributed by atoms with Crippen molar-refractivity contribution in [1.82, 2.24) is 20.6 Å². The number of aromatic hydroxyl groups is 2. The fourth-order valence-electron chi connectivity index (χ4n) is 4.63. The zero-order valence-corrected chi connectivity index (χ0v) is 18.0. The summed E-state index contributed by atoms with van der Waals surface area (Å²) in [5.41, 5.74) is 3.15. The predicted molar refractivity (Wildman–Crippen MR) is 127 cm³/mol. The van der Waals surface area contributed by atoms with Gasteiger partial charge in [0.2, 0.25) is 0 Å². The molecule has 1 aliphatic carbocycles. The summed E-state index contributed by atoms with van der Waals surface area (Å²) in [5, 5.41) is 29.5. The highest BCUT2D eigenvalue weighted by Gasteiger charge is 2.24. The largest absolute Gasteiger partial charge is 0.506 e. The third kappa shape index (κ3) is 4.38. The van der Waals surface area contributed by atoms with Crippen LogP contribution in [0.5, 0.6) is 11.5 Å². The average Bonchev–Trinajstić information content (AvgIpc) is 2.83. The van der Waals surface area contributed by atoms with Crippen LogP contribution >= 0.6 is 0 Å². The summed E-state index contributed by atoms with van der Waals surface area (Å²) in [7, 11) is 0. The van der Waals surface area contributed by atoms with Gasteiger partial charge < -0.3 is 20.8 Å². The first-order valence-corrected chi connectivity index (χ1v) is 11.3. The van der Waals surface area contributed by atoms with Gasteiger partial charge in [0.05, 0.1) is 11.4 Å². The van der Waals surface area contributed by atoms with E-state index in [1.54, 1.807) is 12.1 Å². The first kappa shape index (κ1) is 20.7. The fourth-order valence-corrected chi connectivity index (χ4v) is 4.63. The molecule has 5 rings (SSSR count). The van der Waals surface area contributed by atoms with E-state index in [4.69, 9.17) is 0 Å². The molecule has 1 aliphatic rings. The molecule has 2 heterocycles. The molecule has 32 heavy (non-hydrogen) atoms. The maximum Gasteiger partial charge on any atom is 0.141 e. The first-order valence-electron chi connectivity index (χ1n) is 11.3. The van der Waals surface area contributed by atoms with Crippen LogP contribution in [-0.2, 0) is 13.1 Å². The smallest absolute Gasteiger partial charge is 0.141 e. The molecule has 1 fully saturated rings. The molecule has 1 saturated carbocycles. The summed E-state index contributed by atoms with van der Waals surface area (Å²) in [6.45, 7) is 1.32. The molecule has 2 aromatic carbocycles. The topological polar surface area (TPSA) is 90.3 Å². The standard InChI is InChI=1S/C26H28N4O2/c31-23-9-3-5-17-11-13-19(29-25(17)23)15-27-21-7-1-2-8-22(21)28-16-20-14-12-18-6-4-10-24(32)26(18)30-20/h3-6,9-14,21-22,27-28,31-32H,1-2,7-8,15-16H2/t21-,22-/m0/s1. The number of pyridine rings is 2. The van der Waals surface area contributed by atoms with Crippen molar-refractivity contribution in [2.75, 3.05) is 0 Å². The highest BCUT2D eigenvalue weighted by atomic mass is 16.3. The number of para-hydroxylation sites is 2. The van der Waals surface area contributed by atoms with E-state index < -0.39 is 0 Å². The van der Waals surface area contributed by atoms with Gasteiger partial charge in [-0.1, -0.05) is 49.2 Å². The van der Waals surface area contributed by atoms with Gasteiger partial charge in [0.25, 0.3) is 0 Å². The van der Waals surface area contributed by atoms with Crippen molar-refractivity contribution in [2.45, 2.75) is 50.9 Å². The lowest BCUT2D eigenvalue weighted by molar-refractivity contribution is 0.280. The van der Waals surface area contributed by atoms with Gasteiger partial charge in [-0.05, 0) is 37.1 Å². The van der Waals surface area contributed by atoms with Gasteiger partial charge in [0, 0.05) is 35.9 Å². The number of nitrogens with zero attached hydrogens (tertiary/aromatic N) is 2. The number of aromatic nitrogens is 2. The molecule has 2 aromatic heterocycles. The molecule has 2 atom stereocenters. The Kier molecular flexibility index (Phi) is 5.88. The summed E-state index contributed by atoms with van der Waals surface area (Å²) in [6, 6.07) is 19.7. The zero-order chi connectivity index (χ0) is 21.9. The molecule has 0 unspecified atom stereocenters. The van der Waals surface area contributed by atoms with Gasteiger partial charge >= 0.3 is 0 Å². The molecule has 0 saturated heterocycles. The van der Waals surface area contributed by atoms with Gasteiger partial charge in [0.1, 0.15) is 22.5 Å². The summed E-state index contributed by atoms with van der Waals surface area (Å²) >= 11 is 0. The number of hydrogen-bond donors (Lipinski definition) is 4. The summed E-state index contributed by atoms with van der Waals surface area (Å²) in [6.07, 6.45) is 4.65. The van der Waals surface area contributed by atoms with E-state index in [1.165, 1.54) is 12.8 Å². The Balaban J connectivity index is 1.24. The van der Waals surface area contributed by atoms with Gasteiger partial charge in [-0.2, -0.15) is 0 Å². The molecule has 0 bridgehead atoms. The molecule has 6 heteroatoms. The van der Waals surface area contributed by atoms with Crippen molar-refractivity contribution in [1.29, 1.82) is 0 Å². The average molecular weight is 429 g/mol. The van der Waals surface area contributed by atoms with E-state index in [-0.39, 0.29) is 11.5 Å². The minimum atomic E-state index is 0.218. The number of phenolic OH excluding ortho intramolecular Hbond substituents is 2. The Labute approximate surface area is 187 Å². The minimum Gasteiger partial charge on any atom is -0.506 e.